The Morgan fingerprint density at radius 2 is 1.94 bits per heavy atom. The number of nitrogen functional groups attached to an aromatic ring is 1. The summed E-state index contributed by atoms with van der Waals surface area (Å²) in [6.45, 7) is 1.93. The van der Waals surface area contributed by atoms with Crippen LogP contribution in [0.15, 0.2) is 28.6 Å². The Morgan fingerprint density at radius 1 is 1.22 bits per heavy atom. The van der Waals surface area contributed by atoms with Crippen molar-refractivity contribution in [3.05, 3.63) is 29.8 Å². The molecule has 0 bridgehead atoms. The molecule has 2 heterocycles. The first kappa shape index (κ1) is 11.4. The molecule has 1 aliphatic rings. The van der Waals surface area contributed by atoms with Crippen LogP contribution in [-0.2, 0) is 0 Å². The van der Waals surface area contributed by atoms with Crippen LogP contribution in [0.4, 0.5) is 5.82 Å². The third-order valence-corrected chi connectivity index (χ3v) is 3.81. The zero-order valence-corrected chi connectivity index (χ0v) is 10.8. The standard InChI is InChI=1S/C12H13N5S/c1-7-9(13)16-10(8-3-4-8)17-11(7)18-12-14-5-2-6-15-12/h2,5-6,8H,3-4H2,1H3,(H2,13,16,17). The number of anilines is 1. The van der Waals surface area contributed by atoms with E-state index in [0.717, 1.165) is 29.3 Å². The fraction of sp³-hybridized carbons (Fsp3) is 0.333. The van der Waals surface area contributed by atoms with Crippen molar-refractivity contribution >= 4 is 17.6 Å². The van der Waals surface area contributed by atoms with Gasteiger partial charge >= 0.3 is 0 Å². The van der Waals surface area contributed by atoms with E-state index >= 15 is 0 Å². The number of nitrogens with two attached hydrogens (primary N) is 1. The highest BCUT2D eigenvalue weighted by Crippen LogP contribution is 2.40. The molecule has 0 saturated heterocycles. The first-order chi connectivity index (χ1) is 8.74. The highest BCUT2D eigenvalue weighted by molar-refractivity contribution is 7.99. The molecule has 1 fully saturated rings. The molecule has 0 spiro atoms. The minimum Gasteiger partial charge on any atom is -0.383 e. The summed E-state index contributed by atoms with van der Waals surface area (Å²) in [5, 5.41) is 1.54. The molecule has 0 radical (unpaired) electrons. The van der Waals surface area contributed by atoms with Crippen LogP contribution in [0.2, 0.25) is 0 Å². The van der Waals surface area contributed by atoms with E-state index in [1.807, 2.05) is 6.92 Å². The Hall–Kier alpha value is -1.69. The second-order valence-corrected chi connectivity index (χ2v) is 5.26. The Morgan fingerprint density at radius 3 is 2.61 bits per heavy atom. The summed E-state index contributed by atoms with van der Waals surface area (Å²) < 4.78 is 0. The van der Waals surface area contributed by atoms with Gasteiger partial charge in [0.25, 0.3) is 0 Å². The average Bonchev–Trinajstić information content (AvgIpc) is 3.20. The van der Waals surface area contributed by atoms with Crippen molar-refractivity contribution in [1.29, 1.82) is 0 Å². The van der Waals surface area contributed by atoms with Crippen LogP contribution in [0.25, 0.3) is 0 Å². The summed E-state index contributed by atoms with van der Waals surface area (Å²) in [7, 11) is 0. The molecule has 1 saturated carbocycles. The van der Waals surface area contributed by atoms with Gasteiger partial charge in [-0.15, -0.1) is 0 Å². The monoisotopic (exact) mass is 259 g/mol. The Kier molecular flexibility index (Phi) is 2.87. The molecule has 0 unspecified atom stereocenters. The molecular formula is C12H13N5S. The molecule has 3 rings (SSSR count). The van der Waals surface area contributed by atoms with Crippen molar-refractivity contribution in [2.75, 3.05) is 5.73 Å². The van der Waals surface area contributed by atoms with Gasteiger partial charge in [-0.1, -0.05) is 0 Å². The van der Waals surface area contributed by atoms with Crippen LogP contribution in [0.1, 0.15) is 30.1 Å². The predicted molar refractivity (Wildman–Crippen MR) is 69.3 cm³/mol. The molecule has 0 aromatic carbocycles. The second-order valence-electron chi connectivity index (χ2n) is 4.30. The van der Waals surface area contributed by atoms with Crippen LogP contribution in [0, 0.1) is 6.92 Å². The van der Waals surface area contributed by atoms with Gasteiger partial charge in [-0.05, 0) is 37.6 Å². The Balaban J connectivity index is 1.95. The quantitative estimate of drug-likeness (QED) is 0.672. The molecule has 0 atom stereocenters. The van der Waals surface area contributed by atoms with E-state index in [0.29, 0.717) is 16.9 Å². The van der Waals surface area contributed by atoms with Gasteiger partial charge in [-0.2, -0.15) is 0 Å². The molecule has 92 valence electrons. The summed E-state index contributed by atoms with van der Waals surface area (Å²) in [6, 6.07) is 1.79. The third-order valence-electron chi connectivity index (χ3n) is 2.83. The molecule has 5 nitrogen and oxygen atoms in total. The topological polar surface area (TPSA) is 77.6 Å². The molecule has 6 heteroatoms. The van der Waals surface area contributed by atoms with Crippen molar-refractivity contribution in [2.45, 2.75) is 35.9 Å². The largest absolute Gasteiger partial charge is 0.383 e. The summed E-state index contributed by atoms with van der Waals surface area (Å²) in [6.07, 6.45) is 5.76. The number of rotatable bonds is 3. The first-order valence-corrected chi connectivity index (χ1v) is 6.64. The second kappa shape index (κ2) is 4.53. The maximum atomic E-state index is 5.94. The third kappa shape index (κ3) is 2.28. The molecule has 2 aromatic rings. The van der Waals surface area contributed by atoms with Crippen LogP contribution in [0.3, 0.4) is 0 Å². The van der Waals surface area contributed by atoms with Crippen LogP contribution in [0.5, 0.6) is 0 Å². The molecule has 2 aromatic heterocycles. The van der Waals surface area contributed by atoms with Crippen LogP contribution >= 0.6 is 11.8 Å². The lowest BCUT2D eigenvalue weighted by atomic mass is 10.3. The van der Waals surface area contributed by atoms with Crippen molar-refractivity contribution < 1.29 is 0 Å². The van der Waals surface area contributed by atoms with Gasteiger partial charge in [0.2, 0.25) is 0 Å². The lowest BCUT2D eigenvalue weighted by Gasteiger charge is -2.08. The van der Waals surface area contributed by atoms with Crippen molar-refractivity contribution in [2.24, 2.45) is 0 Å². The Labute approximate surface area is 109 Å². The van der Waals surface area contributed by atoms with E-state index in [9.17, 15) is 0 Å². The zero-order valence-electron chi connectivity index (χ0n) is 10.00. The van der Waals surface area contributed by atoms with Gasteiger partial charge in [0, 0.05) is 23.9 Å². The fourth-order valence-corrected chi connectivity index (χ4v) is 2.37. The number of hydrogen-bond acceptors (Lipinski definition) is 6. The van der Waals surface area contributed by atoms with Crippen molar-refractivity contribution in [3.8, 4) is 0 Å². The van der Waals surface area contributed by atoms with E-state index in [4.69, 9.17) is 5.73 Å². The number of hydrogen-bond donors (Lipinski definition) is 1. The minimum absolute atomic E-state index is 0.490. The highest BCUT2D eigenvalue weighted by Gasteiger charge is 2.28. The van der Waals surface area contributed by atoms with Gasteiger partial charge in [0.05, 0.1) is 0 Å². The van der Waals surface area contributed by atoms with Gasteiger partial charge in [0.15, 0.2) is 5.16 Å². The fourth-order valence-electron chi connectivity index (χ4n) is 1.58. The molecule has 18 heavy (non-hydrogen) atoms. The molecule has 0 amide bonds. The SMILES string of the molecule is Cc1c(N)nc(C2CC2)nc1Sc1ncccn1. The maximum absolute atomic E-state index is 5.94. The number of nitrogens with zero attached hydrogens (tertiary/aromatic N) is 4. The molecule has 0 aliphatic heterocycles. The molecule has 2 N–H and O–H groups in total. The van der Waals surface area contributed by atoms with Gasteiger partial charge in [-0.25, -0.2) is 19.9 Å². The van der Waals surface area contributed by atoms with Gasteiger partial charge in [0.1, 0.15) is 16.7 Å². The summed E-state index contributed by atoms with van der Waals surface area (Å²) in [4.78, 5) is 17.3. The van der Waals surface area contributed by atoms with E-state index < -0.39 is 0 Å². The van der Waals surface area contributed by atoms with Gasteiger partial charge in [-0.3, -0.25) is 0 Å². The molecular weight excluding hydrogens is 246 g/mol. The van der Waals surface area contributed by atoms with E-state index in [1.165, 1.54) is 11.8 Å². The number of aromatic nitrogens is 4. The predicted octanol–water partition coefficient (Wildman–Crippen LogP) is 2.19. The minimum atomic E-state index is 0.490. The highest BCUT2D eigenvalue weighted by atomic mass is 32.2. The van der Waals surface area contributed by atoms with Gasteiger partial charge < -0.3 is 5.73 Å². The van der Waals surface area contributed by atoms with E-state index in [-0.39, 0.29) is 0 Å². The average molecular weight is 259 g/mol. The summed E-state index contributed by atoms with van der Waals surface area (Å²) in [5.74, 6) is 1.91. The van der Waals surface area contributed by atoms with Crippen LogP contribution < -0.4 is 5.73 Å². The first-order valence-electron chi connectivity index (χ1n) is 5.83. The van der Waals surface area contributed by atoms with Crippen LogP contribution in [-0.4, -0.2) is 19.9 Å². The molecule has 1 aliphatic carbocycles. The smallest absolute Gasteiger partial charge is 0.193 e. The Bertz CT molecular complexity index is 568. The zero-order chi connectivity index (χ0) is 12.5. The lowest BCUT2D eigenvalue weighted by Crippen LogP contribution is -2.03. The van der Waals surface area contributed by atoms with Crippen molar-refractivity contribution in [1.82, 2.24) is 19.9 Å². The lowest BCUT2D eigenvalue weighted by molar-refractivity contribution is 0.863. The maximum Gasteiger partial charge on any atom is 0.193 e. The van der Waals surface area contributed by atoms with Crippen molar-refractivity contribution in [3.63, 3.8) is 0 Å². The summed E-state index contributed by atoms with van der Waals surface area (Å²) >= 11 is 1.43. The summed E-state index contributed by atoms with van der Waals surface area (Å²) in [5.41, 5.74) is 6.84. The normalized spacial score (nSPS) is 14.7. The van der Waals surface area contributed by atoms with E-state index in [1.54, 1.807) is 18.5 Å². The van der Waals surface area contributed by atoms with E-state index in [2.05, 4.69) is 19.9 Å².